The summed E-state index contributed by atoms with van der Waals surface area (Å²) in [5.41, 5.74) is 3.29. The van der Waals surface area contributed by atoms with Crippen molar-refractivity contribution in [3.05, 3.63) is 59.4 Å². The normalized spacial score (nSPS) is 15.7. The standard InChI is InChI=1S/C22H27FN4O2/c1-15-8-9-19(16(2)14-15)24-22(29)25-21(28)17(3)26-10-12-27(13-11-26)20-7-5-4-6-18(20)23/h4-9,14,17H,10-13H2,1-3H3,(H2,24,25,28,29). The van der Waals surface area contributed by atoms with Crippen LogP contribution in [0.15, 0.2) is 42.5 Å². The number of amides is 3. The van der Waals surface area contributed by atoms with Crippen LogP contribution < -0.4 is 15.5 Å². The molecular formula is C22H27FN4O2. The van der Waals surface area contributed by atoms with Crippen LogP contribution in [0, 0.1) is 19.7 Å². The highest BCUT2D eigenvalue weighted by atomic mass is 19.1. The van der Waals surface area contributed by atoms with Gasteiger partial charge in [0.1, 0.15) is 5.82 Å². The van der Waals surface area contributed by atoms with Gasteiger partial charge in [-0.25, -0.2) is 9.18 Å². The van der Waals surface area contributed by atoms with E-state index in [2.05, 4.69) is 10.6 Å². The summed E-state index contributed by atoms with van der Waals surface area (Å²) >= 11 is 0. The average molecular weight is 398 g/mol. The Morgan fingerprint density at radius 1 is 1.03 bits per heavy atom. The third-order valence-corrected chi connectivity index (χ3v) is 5.30. The second-order valence-corrected chi connectivity index (χ2v) is 7.41. The summed E-state index contributed by atoms with van der Waals surface area (Å²) < 4.78 is 14.0. The van der Waals surface area contributed by atoms with Crippen molar-refractivity contribution < 1.29 is 14.0 Å². The number of hydrogen-bond acceptors (Lipinski definition) is 4. The van der Waals surface area contributed by atoms with E-state index in [1.807, 2.05) is 47.9 Å². The van der Waals surface area contributed by atoms with E-state index >= 15 is 0 Å². The topological polar surface area (TPSA) is 64.7 Å². The third-order valence-electron chi connectivity index (χ3n) is 5.30. The van der Waals surface area contributed by atoms with Crippen molar-refractivity contribution in [2.45, 2.75) is 26.8 Å². The lowest BCUT2D eigenvalue weighted by Crippen LogP contribution is -2.55. The second kappa shape index (κ2) is 9.05. The number of hydrogen-bond donors (Lipinski definition) is 2. The molecule has 29 heavy (non-hydrogen) atoms. The van der Waals surface area contributed by atoms with Gasteiger partial charge in [-0.3, -0.25) is 15.0 Å². The molecule has 1 heterocycles. The van der Waals surface area contributed by atoms with E-state index in [0.29, 0.717) is 37.6 Å². The minimum absolute atomic E-state index is 0.241. The highest BCUT2D eigenvalue weighted by Crippen LogP contribution is 2.21. The molecule has 7 heteroatoms. The molecule has 0 aromatic heterocycles. The Morgan fingerprint density at radius 2 is 1.72 bits per heavy atom. The predicted molar refractivity (Wildman–Crippen MR) is 113 cm³/mol. The van der Waals surface area contributed by atoms with Crippen LogP contribution >= 0.6 is 0 Å². The zero-order valence-electron chi connectivity index (χ0n) is 17.0. The van der Waals surface area contributed by atoms with Crippen molar-refractivity contribution in [1.82, 2.24) is 10.2 Å². The van der Waals surface area contributed by atoms with Gasteiger partial charge in [-0.15, -0.1) is 0 Å². The molecule has 0 spiro atoms. The van der Waals surface area contributed by atoms with E-state index in [-0.39, 0.29) is 11.7 Å². The molecule has 6 nitrogen and oxygen atoms in total. The Labute approximate surface area is 170 Å². The molecule has 1 saturated heterocycles. The highest BCUT2D eigenvalue weighted by molar-refractivity contribution is 6.03. The SMILES string of the molecule is Cc1ccc(NC(=O)NC(=O)C(C)N2CCN(c3ccccc3F)CC2)c(C)c1. The number of urea groups is 1. The Kier molecular flexibility index (Phi) is 6.49. The molecule has 2 aromatic carbocycles. The smallest absolute Gasteiger partial charge is 0.325 e. The molecule has 3 rings (SSSR count). The Morgan fingerprint density at radius 3 is 2.38 bits per heavy atom. The zero-order chi connectivity index (χ0) is 21.0. The van der Waals surface area contributed by atoms with E-state index in [4.69, 9.17) is 0 Å². The number of carbonyl (C=O) groups excluding carboxylic acids is 2. The van der Waals surface area contributed by atoms with Crippen LogP contribution in [0.25, 0.3) is 0 Å². The van der Waals surface area contributed by atoms with E-state index in [1.165, 1.54) is 6.07 Å². The maximum absolute atomic E-state index is 14.0. The van der Waals surface area contributed by atoms with E-state index in [0.717, 1.165) is 11.1 Å². The number of aryl methyl sites for hydroxylation is 2. The van der Waals surface area contributed by atoms with Gasteiger partial charge in [-0.1, -0.05) is 29.8 Å². The van der Waals surface area contributed by atoms with Crippen molar-refractivity contribution in [2.24, 2.45) is 0 Å². The lowest BCUT2D eigenvalue weighted by Gasteiger charge is -2.38. The lowest BCUT2D eigenvalue weighted by atomic mass is 10.1. The first-order valence-electron chi connectivity index (χ1n) is 9.78. The van der Waals surface area contributed by atoms with Crippen LogP contribution in [0.5, 0.6) is 0 Å². The molecule has 154 valence electrons. The number of halogens is 1. The van der Waals surface area contributed by atoms with Crippen molar-refractivity contribution in [1.29, 1.82) is 0 Å². The summed E-state index contributed by atoms with van der Waals surface area (Å²) in [6, 6.07) is 11.4. The lowest BCUT2D eigenvalue weighted by molar-refractivity contribution is -0.124. The molecular weight excluding hydrogens is 371 g/mol. The average Bonchev–Trinajstić information content (AvgIpc) is 2.70. The number of para-hydroxylation sites is 1. The highest BCUT2D eigenvalue weighted by Gasteiger charge is 2.27. The summed E-state index contributed by atoms with van der Waals surface area (Å²) in [5, 5.41) is 5.14. The summed E-state index contributed by atoms with van der Waals surface area (Å²) in [6.45, 7) is 8.12. The molecule has 1 aliphatic rings. The Balaban J connectivity index is 1.51. The van der Waals surface area contributed by atoms with Gasteiger partial charge in [0.2, 0.25) is 5.91 Å². The number of anilines is 2. The molecule has 0 bridgehead atoms. The molecule has 0 aliphatic carbocycles. The summed E-state index contributed by atoms with van der Waals surface area (Å²) in [5.74, 6) is -0.596. The summed E-state index contributed by atoms with van der Waals surface area (Å²) in [4.78, 5) is 28.7. The Hall–Kier alpha value is -2.93. The van der Waals surface area contributed by atoms with Crippen molar-refractivity contribution in [2.75, 3.05) is 36.4 Å². The monoisotopic (exact) mass is 398 g/mol. The van der Waals surface area contributed by atoms with Gasteiger partial charge < -0.3 is 10.2 Å². The van der Waals surface area contributed by atoms with Crippen LogP contribution in [0.1, 0.15) is 18.1 Å². The fourth-order valence-electron chi connectivity index (χ4n) is 3.55. The fourth-order valence-corrected chi connectivity index (χ4v) is 3.55. The van der Waals surface area contributed by atoms with Gasteiger partial charge >= 0.3 is 6.03 Å². The quantitative estimate of drug-likeness (QED) is 0.830. The van der Waals surface area contributed by atoms with Crippen LogP contribution in [0.2, 0.25) is 0 Å². The van der Waals surface area contributed by atoms with E-state index in [9.17, 15) is 14.0 Å². The van der Waals surface area contributed by atoms with Crippen LogP contribution in [0.4, 0.5) is 20.6 Å². The molecule has 1 unspecified atom stereocenters. The van der Waals surface area contributed by atoms with Gasteiger partial charge in [-0.2, -0.15) is 0 Å². The molecule has 1 atom stereocenters. The van der Waals surface area contributed by atoms with E-state index in [1.54, 1.807) is 19.1 Å². The van der Waals surface area contributed by atoms with Gasteiger partial charge in [0.25, 0.3) is 0 Å². The van der Waals surface area contributed by atoms with Crippen LogP contribution in [-0.2, 0) is 4.79 Å². The maximum atomic E-state index is 14.0. The second-order valence-electron chi connectivity index (χ2n) is 7.41. The molecule has 1 fully saturated rings. The first kappa shape index (κ1) is 20.8. The number of piperazine rings is 1. The molecule has 2 aromatic rings. The first-order chi connectivity index (χ1) is 13.8. The third kappa shape index (κ3) is 5.12. The maximum Gasteiger partial charge on any atom is 0.325 e. The molecule has 0 radical (unpaired) electrons. The largest absolute Gasteiger partial charge is 0.367 e. The van der Waals surface area contributed by atoms with Gasteiger partial charge in [0, 0.05) is 31.9 Å². The van der Waals surface area contributed by atoms with Crippen molar-refractivity contribution in [3.63, 3.8) is 0 Å². The zero-order valence-corrected chi connectivity index (χ0v) is 17.0. The number of carbonyl (C=O) groups is 2. The van der Waals surface area contributed by atoms with Gasteiger partial charge in [0.05, 0.1) is 11.7 Å². The Bertz CT molecular complexity index is 894. The number of rotatable bonds is 4. The molecule has 1 aliphatic heterocycles. The van der Waals surface area contributed by atoms with Crippen LogP contribution in [0.3, 0.4) is 0 Å². The van der Waals surface area contributed by atoms with Crippen LogP contribution in [-0.4, -0.2) is 49.1 Å². The minimum atomic E-state index is -0.543. The fraction of sp³-hybridized carbons (Fsp3) is 0.364. The molecule has 3 amide bonds. The van der Waals surface area contributed by atoms with Gasteiger partial charge in [-0.05, 0) is 44.5 Å². The minimum Gasteiger partial charge on any atom is -0.367 e. The van der Waals surface area contributed by atoms with E-state index < -0.39 is 12.1 Å². The number of benzene rings is 2. The molecule has 0 saturated carbocycles. The predicted octanol–water partition coefficient (Wildman–Crippen LogP) is 3.30. The summed E-state index contributed by atoms with van der Waals surface area (Å²) in [7, 11) is 0. The summed E-state index contributed by atoms with van der Waals surface area (Å²) in [6.07, 6.45) is 0. The number of nitrogens with one attached hydrogen (secondary N) is 2. The number of nitrogens with zero attached hydrogens (tertiary/aromatic N) is 2. The molecule has 2 N–H and O–H groups in total. The van der Waals surface area contributed by atoms with Crippen molar-refractivity contribution >= 4 is 23.3 Å². The number of imide groups is 1. The first-order valence-corrected chi connectivity index (χ1v) is 9.78. The van der Waals surface area contributed by atoms with Crippen molar-refractivity contribution in [3.8, 4) is 0 Å². The van der Waals surface area contributed by atoms with Gasteiger partial charge in [0.15, 0.2) is 0 Å².